The highest BCUT2D eigenvalue weighted by Crippen LogP contribution is 2.35. The highest BCUT2D eigenvalue weighted by Gasteiger charge is 2.35. The van der Waals surface area contributed by atoms with Crippen LogP contribution >= 0.6 is 11.3 Å². The zero-order chi connectivity index (χ0) is 12.5. The summed E-state index contributed by atoms with van der Waals surface area (Å²) in [6, 6.07) is -0.442. The first-order valence-corrected chi connectivity index (χ1v) is 5.40. The molecule has 0 saturated heterocycles. The first-order valence-electron chi connectivity index (χ1n) is 4.58. The molecule has 5 nitrogen and oxygen atoms in total. The van der Waals surface area contributed by atoms with Crippen LogP contribution < -0.4 is 5.32 Å². The molecule has 9 heteroatoms. The van der Waals surface area contributed by atoms with Gasteiger partial charge in [0, 0.05) is 11.1 Å². The van der Waals surface area contributed by atoms with E-state index in [1.54, 1.807) is 7.05 Å². The number of thiazole rings is 1. The van der Waals surface area contributed by atoms with E-state index < -0.39 is 17.2 Å². The summed E-state index contributed by atoms with van der Waals surface area (Å²) in [5, 5.41) is 11.9. The van der Waals surface area contributed by atoms with Gasteiger partial charge in [-0.2, -0.15) is 28.6 Å². The number of hydrogen-bond acceptors (Lipinski definition) is 5. The molecular weight excluding hydrogens is 255 g/mol. The zero-order valence-corrected chi connectivity index (χ0v) is 9.43. The Bertz CT molecular complexity index is 478. The van der Waals surface area contributed by atoms with Crippen molar-refractivity contribution >= 4 is 11.3 Å². The lowest BCUT2D eigenvalue weighted by Gasteiger charge is -2.09. The van der Waals surface area contributed by atoms with Crippen LogP contribution in [0.1, 0.15) is 21.6 Å². The van der Waals surface area contributed by atoms with Crippen molar-refractivity contribution in [2.45, 2.75) is 12.2 Å². The normalized spacial score (nSPS) is 13.9. The number of alkyl halides is 3. The van der Waals surface area contributed by atoms with E-state index in [4.69, 9.17) is 0 Å². The van der Waals surface area contributed by atoms with Gasteiger partial charge in [-0.05, 0) is 7.05 Å². The maximum Gasteiger partial charge on any atom is 0.443 e. The predicted octanol–water partition coefficient (Wildman–Crippen LogP) is 1.59. The van der Waals surface area contributed by atoms with E-state index in [0.717, 1.165) is 0 Å². The van der Waals surface area contributed by atoms with Gasteiger partial charge in [-0.15, -0.1) is 11.3 Å². The van der Waals surface area contributed by atoms with E-state index in [1.165, 1.54) is 12.4 Å². The first-order chi connectivity index (χ1) is 8.02. The van der Waals surface area contributed by atoms with Crippen LogP contribution in [0.5, 0.6) is 0 Å². The SMILES string of the molecule is CNC(c1cn[nH]n1)c1cnc(C(F)(F)F)s1. The van der Waals surface area contributed by atoms with Crippen molar-refractivity contribution in [1.82, 2.24) is 25.7 Å². The number of aromatic amines is 1. The van der Waals surface area contributed by atoms with Gasteiger partial charge in [0.2, 0.25) is 0 Å². The van der Waals surface area contributed by atoms with Crippen LogP contribution in [0.2, 0.25) is 0 Å². The number of nitrogens with one attached hydrogen (secondary N) is 2. The molecule has 2 N–H and O–H groups in total. The third-order valence-corrected chi connectivity index (χ3v) is 3.18. The van der Waals surface area contributed by atoms with Gasteiger partial charge >= 0.3 is 6.18 Å². The summed E-state index contributed by atoms with van der Waals surface area (Å²) in [6.07, 6.45) is -1.76. The van der Waals surface area contributed by atoms with E-state index in [0.29, 0.717) is 21.9 Å². The van der Waals surface area contributed by atoms with Crippen LogP contribution in [0.25, 0.3) is 0 Å². The van der Waals surface area contributed by atoms with Gasteiger partial charge < -0.3 is 5.32 Å². The Hall–Kier alpha value is -1.48. The molecule has 0 bridgehead atoms. The van der Waals surface area contributed by atoms with Crippen molar-refractivity contribution in [2.24, 2.45) is 0 Å². The summed E-state index contributed by atoms with van der Waals surface area (Å²) in [5.74, 6) is 0. The van der Waals surface area contributed by atoms with Crippen molar-refractivity contribution in [2.75, 3.05) is 7.05 Å². The van der Waals surface area contributed by atoms with Crippen LogP contribution in [0.15, 0.2) is 12.4 Å². The van der Waals surface area contributed by atoms with Gasteiger partial charge in [0.15, 0.2) is 5.01 Å². The number of rotatable bonds is 3. The largest absolute Gasteiger partial charge is 0.443 e. The second kappa shape index (κ2) is 4.41. The highest BCUT2D eigenvalue weighted by atomic mass is 32.1. The molecule has 0 aliphatic carbocycles. The molecule has 2 aromatic heterocycles. The Morgan fingerprint density at radius 1 is 1.41 bits per heavy atom. The summed E-state index contributed by atoms with van der Waals surface area (Å²) in [6.45, 7) is 0. The van der Waals surface area contributed by atoms with E-state index in [2.05, 4.69) is 25.7 Å². The maximum atomic E-state index is 12.4. The molecule has 0 aliphatic heterocycles. The lowest BCUT2D eigenvalue weighted by Crippen LogP contribution is -2.16. The quantitative estimate of drug-likeness (QED) is 0.882. The standard InChI is InChI=1S/C8H8F3N5S/c1-12-6(4-2-14-16-15-4)5-3-13-7(17-5)8(9,10)11/h2-3,6,12H,1H3,(H,14,15,16). The molecule has 2 aromatic rings. The number of hydrogen-bond donors (Lipinski definition) is 2. The molecule has 0 aliphatic rings. The molecule has 0 aromatic carbocycles. The molecule has 0 saturated carbocycles. The Labute approximate surface area is 98.1 Å². The molecule has 17 heavy (non-hydrogen) atoms. The van der Waals surface area contributed by atoms with Gasteiger partial charge in [-0.1, -0.05) is 0 Å². The molecular formula is C8H8F3N5S. The van der Waals surface area contributed by atoms with Crippen molar-refractivity contribution < 1.29 is 13.2 Å². The zero-order valence-electron chi connectivity index (χ0n) is 8.62. The average molecular weight is 263 g/mol. The van der Waals surface area contributed by atoms with E-state index >= 15 is 0 Å². The van der Waals surface area contributed by atoms with Gasteiger partial charge in [-0.3, -0.25) is 0 Å². The van der Waals surface area contributed by atoms with Crippen molar-refractivity contribution in [3.63, 3.8) is 0 Å². The molecule has 0 amide bonds. The second-order valence-corrected chi connectivity index (χ2v) is 4.24. The highest BCUT2D eigenvalue weighted by molar-refractivity contribution is 7.11. The monoisotopic (exact) mass is 263 g/mol. The predicted molar refractivity (Wildman–Crippen MR) is 54.4 cm³/mol. The topological polar surface area (TPSA) is 66.5 Å². The minimum atomic E-state index is -4.41. The Morgan fingerprint density at radius 3 is 2.65 bits per heavy atom. The fourth-order valence-electron chi connectivity index (χ4n) is 1.34. The minimum Gasteiger partial charge on any atom is -0.307 e. The van der Waals surface area contributed by atoms with E-state index in [9.17, 15) is 13.2 Å². The average Bonchev–Trinajstić information content (AvgIpc) is 2.87. The van der Waals surface area contributed by atoms with Crippen LogP contribution in [0, 0.1) is 0 Å². The van der Waals surface area contributed by atoms with E-state index in [-0.39, 0.29) is 0 Å². The van der Waals surface area contributed by atoms with Gasteiger partial charge in [0.1, 0.15) is 5.69 Å². The molecule has 0 fully saturated rings. The summed E-state index contributed by atoms with van der Waals surface area (Å²) >= 11 is 0.590. The summed E-state index contributed by atoms with van der Waals surface area (Å²) < 4.78 is 37.2. The number of aromatic nitrogens is 4. The van der Waals surface area contributed by atoms with Crippen LogP contribution in [0.3, 0.4) is 0 Å². The first kappa shape index (κ1) is 12.0. The smallest absolute Gasteiger partial charge is 0.307 e. The number of nitrogens with zero attached hydrogens (tertiary/aromatic N) is 3. The van der Waals surface area contributed by atoms with Crippen LogP contribution in [-0.2, 0) is 6.18 Å². The third kappa shape index (κ3) is 2.44. The maximum absolute atomic E-state index is 12.4. The molecule has 2 heterocycles. The van der Waals surface area contributed by atoms with Crippen molar-refractivity contribution in [3.05, 3.63) is 28.0 Å². The Morgan fingerprint density at radius 2 is 2.18 bits per heavy atom. The van der Waals surface area contributed by atoms with Crippen LogP contribution in [0.4, 0.5) is 13.2 Å². The fourth-order valence-corrected chi connectivity index (χ4v) is 2.24. The van der Waals surface area contributed by atoms with Crippen molar-refractivity contribution in [1.29, 1.82) is 0 Å². The molecule has 92 valence electrons. The number of halogens is 3. The van der Waals surface area contributed by atoms with Gasteiger partial charge in [0.05, 0.1) is 12.2 Å². The van der Waals surface area contributed by atoms with Gasteiger partial charge in [-0.25, -0.2) is 4.98 Å². The summed E-state index contributed by atoms with van der Waals surface area (Å²) in [4.78, 5) is 3.80. The van der Waals surface area contributed by atoms with Gasteiger partial charge in [0.25, 0.3) is 0 Å². The lowest BCUT2D eigenvalue weighted by atomic mass is 10.2. The molecule has 0 spiro atoms. The lowest BCUT2D eigenvalue weighted by molar-refractivity contribution is -0.137. The fraction of sp³-hybridized carbons (Fsp3) is 0.375. The molecule has 1 atom stereocenters. The minimum absolute atomic E-state index is 0.439. The Balaban J connectivity index is 2.30. The third-order valence-electron chi connectivity index (χ3n) is 2.07. The number of H-pyrrole nitrogens is 1. The molecule has 0 radical (unpaired) electrons. The van der Waals surface area contributed by atoms with Crippen LogP contribution in [-0.4, -0.2) is 27.4 Å². The summed E-state index contributed by atoms with van der Waals surface area (Å²) in [5.41, 5.74) is 0.518. The molecule has 1 unspecified atom stereocenters. The Kier molecular flexibility index (Phi) is 3.11. The second-order valence-electron chi connectivity index (χ2n) is 3.18. The van der Waals surface area contributed by atoms with Crippen molar-refractivity contribution in [3.8, 4) is 0 Å². The summed E-state index contributed by atoms with van der Waals surface area (Å²) in [7, 11) is 1.63. The molecule has 2 rings (SSSR count). The van der Waals surface area contributed by atoms with E-state index in [1.807, 2.05) is 0 Å².